The van der Waals surface area contributed by atoms with E-state index in [-0.39, 0.29) is 6.61 Å². The lowest BCUT2D eigenvalue weighted by atomic mass is 9.91. The Morgan fingerprint density at radius 1 is 0.571 bits per heavy atom. The van der Waals surface area contributed by atoms with E-state index >= 15 is 0 Å². The lowest BCUT2D eigenvalue weighted by molar-refractivity contribution is -0.380. The Morgan fingerprint density at radius 3 is 1.69 bits per heavy atom. The second kappa shape index (κ2) is 14.2. The van der Waals surface area contributed by atoms with E-state index in [2.05, 4.69) is 0 Å². The van der Waals surface area contributed by atoms with Crippen LogP contribution < -0.4 is 0 Å². The van der Waals surface area contributed by atoms with Gasteiger partial charge in [-0.05, 0) is 13.8 Å². The molecule has 0 aromatic heterocycles. The van der Waals surface area contributed by atoms with Crippen molar-refractivity contribution >= 4 is 0 Å². The molecule has 0 aliphatic carbocycles. The Hall–Kier alpha value is -0.680. The van der Waals surface area contributed by atoms with Gasteiger partial charge in [-0.25, -0.2) is 0 Å². The monoisotopic (exact) mass is 616 g/mol. The van der Waals surface area contributed by atoms with Gasteiger partial charge in [0.25, 0.3) is 0 Å². The Kier molecular flexibility index (Phi) is 11.5. The molecule has 4 heterocycles. The summed E-state index contributed by atoms with van der Waals surface area (Å²) in [6.07, 6.45) is -24.8. The summed E-state index contributed by atoms with van der Waals surface area (Å²) in [5, 5.41) is 94.3. The van der Waals surface area contributed by atoms with Crippen LogP contribution in [-0.2, 0) is 37.9 Å². The van der Waals surface area contributed by atoms with Gasteiger partial charge in [-0.1, -0.05) is 6.92 Å². The first-order valence-corrected chi connectivity index (χ1v) is 13.9. The van der Waals surface area contributed by atoms with E-state index < -0.39 is 123 Å². The van der Waals surface area contributed by atoms with Crippen LogP contribution in [0.2, 0.25) is 0 Å². The summed E-state index contributed by atoms with van der Waals surface area (Å²) >= 11 is 0. The fourth-order valence-electron chi connectivity index (χ4n) is 5.49. The Morgan fingerprint density at radius 2 is 1.07 bits per heavy atom. The molecule has 9 N–H and O–H groups in total. The van der Waals surface area contributed by atoms with Gasteiger partial charge in [0.1, 0.15) is 67.1 Å². The third kappa shape index (κ3) is 6.77. The molecule has 0 aromatic rings. The second-order valence-electron chi connectivity index (χ2n) is 11.2. The van der Waals surface area contributed by atoms with Crippen LogP contribution in [0.15, 0.2) is 0 Å². The first-order chi connectivity index (χ1) is 19.8. The third-order valence-corrected chi connectivity index (χ3v) is 8.41. The van der Waals surface area contributed by atoms with Crippen molar-refractivity contribution in [1.29, 1.82) is 0 Å². The Labute approximate surface area is 242 Å². The maximum absolute atomic E-state index is 10.9. The molecule has 0 bridgehead atoms. The SMILES string of the molecule is COC1OCC(OC2OC(C)C(OC3OC(CO)C(OC4OC(C)C(C)C(O)C4O)C(O)C3O)C(O)C2O)C(O)C1O. The number of methoxy groups -OCH3 is 1. The number of ether oxygens (including phenoxy) is 8. The first kappa shape index (κ1) is 34.2. The van der Waals surface area contributed by atoms with E-state index in [4.69, 9.17) is 37.9 Å². The predicted molar refractivity (Wildman–Crippen MR) is 133 cm³/mol. The van der Waals surface area contributed by atoms with Gasteiger partial charge < -0.3 is 83.9 Å². The average Bonchev–Trinajstić information content (AvgIpc) is 2.97. The van der Waals surface area contributed by atoms with Gasteiger partial charge in [-0.15, -0.1) is 0 Å². The zero-order valence-electron chi connectivity index (χ0n) is 23.7. The zero-order valence-corrected chi connectivity index (χ0v) is 23.7. The fraction of sp³-hybridized carbons (Fsp3) is 1.00. The molecule has 4 fully saturated rings. The molecule has 4 saturated heterocycles. The maximum Gasteiger partial charge on any atom is 0.187 e. The summed E-state index contributed by atoms with van der Waals surface area (Å²) in [4.78, 5) is 0. The molecule has 0 amide bonds. The molecule has 0 radical (unpaired) electrons. The van der Waals surface area contributed by atoms with Crippen LogP contribution in [-0.4, -0.2) is 177 Å². The molecule has 42 heavy (non-hydrogen) atoms. The lowest BCUT2D eigenvalue weighted by Gasteiger charge is -2.48. The van der Waals surface area contributed by atoms with Crippen molar-refractivity contribution in [2.45, 2.75) is 131 Å². The molecule has 0 spiro atoms. The largest absolute Gasteiger partial charge is 0.394 e. The summed E-state index contributed by atoms with van der Waals surface area (Å²) in [5.74, 6) is -0.411. The van der Waals surface area contributed by atoms with Crippen molar-refractivity contribution in [1.82, 2.24) is 0 Å². The molecule has 4 rings (SSSR count). The van der Waals surface area contributed by atoms with E-state index in [1.54, 1.807) is 13.8 Å². The van der Waals surface area contributed by atoms with E-state index in [0.29, 0.717) is 0 Å². The van der Waals surface area contributed by atoms with Crippen LogP contribution in [0.5, 0.6) is 0 Å². The van der Waals surface area contributed by atoms with Gasteiger partial charge in [0.15, 0.2) is 25.2 Å². The quantitative estimate of drug-likeness (QED) is 0.124. The standard InChI is InChI=1S/C25H44O17/c1-7-8(2)37-24(16(31)12(7)27)42-21-10(5-26)39-25(19(34)15(21)30)41-20-9(3)38-23(18(33)14(20)29)40-11-6-36-22(35-4)17(32)13(11)28/h7-34H,5-6H2,1-4H3. The van der Waals surface area contributed by atoms with Crippen LogP contribution in [0.4, 0.5) is 0 Å². The summed E-state index contributed by atoms with van der Waals surface area (Å²) < 4.78 is 44.1. The van der Waals surface area contributed by atoms with Crippen molar-refractivity contribution in [3.05, 3.63) is 0 Å². The van der Waals surface area contributed by atoms with Crippen molar-refractivity contribution in [3.63, 3.8) is 0 Å². The molecule has 19 unspecified atom stereocenters. The smallest absolute Gasteiger partial charge is 0.187 e. The number of hydrogen-bond donors (Lipinski definition) is 9. The molecular formula is C25H44O17. The van der Waals surface area contributed by atoms with Crippen LogP contribution in [0.1, 0.15) is 20.8 Å². The topological polar surface area (TPSA) is 256 Å². The predicted octanol–water partition coefficient (Wildman–Crippen LogP) is -5.13. The van der Waals surface area contributed by atoms with E-state index in [9.17, 15) is 46.0 Å². The van der Waals surface area contributed by atoms with Crippen LogP contribution in [0.3, 0.4) is 0 Å². The molecule has 0 aromatic carbocycles. The van der Waals surface area contributed by atoms with Crippen LogP contribution in [0.25, 0.3) is 0 Å². The molecular weight excluding hydrogens is 572 g/mol. The Bertz CT molecular complexity index is 852. The minimum atomic E-state index is -1.80. The number of aliphatic hydroxyl groups excluding tert-OH is 9. The summed E-state index contributed by atoms with van der Waals surface area (Å²) in [6, 6.07) is 0. The van der Waals surface area contributed by atoms with E-state index in [0.717, 1.165) is 0 Å². The molecule has 246 valence electrons. The van der Waals surface area contributed by atoms with Crippen molar-refractivity contribution in [3.8, 4) is 0 Å². The van der Waals surface area contributed by atoms with Crippen LogP contribution >= 0.6 is 0 Å². The zero-order chi connectivity index (χ0) is 31.0. The lowest BCUT2D eigenvalue weighted by Crippen LogP contribution is -2.66. The normalized spacial score (nSPS) is 54.1. The second-order valence-corrected chi connectivity index (χ2v) is 11.2. The highest BCUT2D eigenvalue weighted by Crippen LogP contribution is 2.34. The molecule has 17 heteroatoms. The highest BCUT2D eigenvalue weighted by atomic mass is 16.8. The van der Waals surface area contributed by atoms with E-state index in [1.807, 2.05) is 0 Å². The van der Waals surface area contributed by atoms with Crippen molar-refractivity contribution < 1.29 is 83.9 Å². The van der Waals surface area contributed by atoms with E-state index in [1.165, 1.54) is 14.0 Å². The van der Waals surface area contributed by atoms with Gasteiger partial charge in [-0.3, -0.25) is 0 Å². The summed E-state index contributed by atoms with van der Waals surface area (Å²) in [7, 11) is 1.29. The maximum atomic E-state index is 10.9. The van der Waals surface area contributed by atoms with Gasteiger partial charge in [0, 0.05) is 13.0 Å². The highest BCUT2D eigenvalue weighted by molar-refractivity contribution is 4.96. The summed E-state index contributed by atoms with van der Waals surface area (Å²) in [5.41, 5.74) is 0. The van der Waals surface area contributed by atoms with Gasteiger partial charge in [0.2, 0.25) is 0 Å². The van der Waals surface area contributed by atoms with Gasteiger partial charge in [-0.2, -0.15) is 0 Å². The molecule has 19 atom stereocenters. The highest BCUT2D eigenvalue weighted by Gasteiger charge is 2.53. The molecule has 4 aliphatic rings. The van der Waals surface area contributed by atoms with Crippen molar-refractivity contribution in [2.75, 3.05) is 20.3 Å². The minimum Gasteiger partial charge on any atom is -0.394 e. The molecule has 17 nitrogen and oxygen atoms in total. The average molecular weight is 617 g/mol. The molecule has 0 saturated carbocycles. The first-order valence-electron chi connectivity index (χ1n) is 13.9. The van der Waals surface area contributed by atoms with Gasteiger partial charge in [0.05, 0.1) is 31.5 Å². The third-order valence-electron chi connectivity index (χ3n) is 8.41. The number of aliphatic hydroxyl groups is 9. The summed E-state index contributed by atoms with van der Waals surface area (Å²) in [6.45, 7) is 3.89. The molecule has 4 aliphatic heterocycles. The van der Waals surface area contributed by atoms with Gasteiger partial charge >= 0.3 is 0 Å². The fourth-order valence-corrected chi connectivity index (χ4v) is 5.49. The van der Waals surface area contributed by atoms with Crippen molar-refractivity contribution in [2.24, 2.45) is 5.92 Å². The minimum absolute atomic E-state index is 0.209. The van der Waals surface area contributed by atoms with Crippen LogP contribution in [0, 0.1) is 5.92 Å². The number of rotatable bonds is 8. The Balaban J connectivity index is 1.37. The number of hydrogen-bond acceptors (Lipinski definition) is 17.